The van der Waals surface area contributed by atoms with Crippen molar-refractivity contribution in [2.24, 2.45) is 4.99 Å². The average molecular weight is 360 g/mol. The number of rotatable bonds is 5. The zero-order chi connectivity index (χ0) is 15.9. The maximum atomic E-state index is 12.0. The predicted octanol–water partition coefficient (Wildman–Crippen LogP) is 4.21. The number of ketones is 1. The van der Waals surface area contributed by atoms with Crippen molar-refractivity contribution in [1.82, 2.24) is 0 Å². The first-order valence-electron chi connectivity index (χ1n) is 6.60. The maximum Gasteiger partial charge on any atom is 0.340 e. The summed E-state index contributed by atoms with van der Waals surface area (Å²) < 4.78 is 5.62. The second kappa shape index (κ2) is 7.66. The lowest BCUT2D eigenvalue weighted by Gasteiger charge is -2.02. The van der Waals surface area contributed by atoms with Crippen molar-refractivity contribution in [3.63, 3.8) is 0 Å². The molecule has 0 fully saturated rings. The Balaban J connectivity index is 2.08. The van der Waals surface area contributed by atoms with Crippen LogP contribution < -0.4 is 0 Å². The second-order valence-electron chi connectivity index (χ2n) is 4.45. The Kier molecular flexibility index (Phi) is 5.61. The van der Waals surface area contributed by atoms with Crippen LogP contribution in [0.25, 0.3) is 0 Å². The fourth-order valence-electron chi connectivity index (χ4n) is 1.85. The van der Waals surface area contributed by atoms with Crippen LogP contribution in [0, 0.1) is 0 Å². The summed E-state index contributed by atoms with van der Waals surface area (Å²) >= 11 is 3.32. The van der Waals surface area contributed by atoms with E-state index in [1.807, 2.05) is 12.1 Å². The summed E-state index contributed by atoms with van der Waals surface area (Å²) in [6.45, 7) is 0. The maximum absolute atomic E-state index is 12.0. The summed E-state index contributed by atoms with van der Waals surface area (Å²) in [4.78, 5) is 27.8. The molecule has 0 heterocycles. The molecule has 0 unspecified atom stereocenters. The molecule has 0 aliphatic carbocycles. The standard InChI is InChI=1S/C17H14BrNO3/c1-22-17(21)14-4-2-3-5-15(14)19-11-10-16(20)12-6-8-13(18)9-7-12/h2-9,11H,10H2,1H3. The molecule has 0 aliphatic heterocycles. The van der Waals surface area contributed by atoms with Crippen molar-refractivity contribution < 1.29 is 14.3 Å². The molecular formula is C17H14BrNO3. The van der Waals surface area contributed by atoms with Crippen LogP contribution in [0.2, 0.25) is 0 Å². The Bertz CT molecular complexity index is 708. The monoisotopic (exact) mass is 359 g/mol. The van der Waals surface area contributed by atoms with Crippen molar-refractivity contribution in [2.75, 3.05) is 7.11 Å². The molecule has 112 valence electrons. The van der Waals surface area contributed by atoms with Crippen LogP contribution in [0.1, 0.15) is 27.1 Å². The normalized spacial score (nSPS) is 10.6. The molecule has 2 rings (SSSR count). The van der Waals surface area contributed by atoms with E-state index in [0.29, 0.717) is 16.8 Å². The Morgan fingerprint density at radius 1 is 1.14 bits per heavy atom. The zero-order valence-corrected chi connectivity index (χ0v) is 13.5. The summed E-state index contributed by atoms with van der Waals surface area (Å²) in [5.74, 6) is -0.487. The van der Waals surface area contributed by atoms with Crippen molar-refractivity contribution in [2.45, 2.75) is 6.42 Å². The smallest absolute Gasteiger partial charge is 0.340 e. The first kappa shape index (κ1) is 16.1. The number of carbonyl (C=O) groups is 2. The predicted molar refractivity (Wildman–Crippen MR) is 89.0 cm³/mol. The molecule has 22 heavy (non-hydrogen) atoms. The van der Waals surface area contributed by atoms with E-state index in [-0.39, 0.29) is 12.2 Å². The van der Waals surface area contributed by atoms with Gasteiger partial charge in [-0.05, 0) is 24.3 Å². The fourth-order valence-corrected chi connectivity index (χ4v) is 2.11. The van der Waals surface area contributed by atoms with Gasteiger partial charge in [0.25, 0.3) is 0 Å². The number of aliphatic imine (C=N–C) groups is 1. The molecule has 0 atom stereocenters. The number of esters is 1. The number of halogens is 1. The molecule has 4 nitrogen and oxygen atoms in total. The molecule has 0 bridgehead atoms. The summed E-state index contributed by atoms with van der Waals surface area (Å²) in [6, 6.07) is 14.0. The molecule has 2 aromatic carbocycles. The Morgan fingerprint density at radius 3 is 2.50 bits per heavy atom. The summed E-state index contributed by atoms with van der Waals surface area (Å²) in [5, 5.41) is 0. The lowest BCUT2D eigenvalue weighted by atomic mass is 10.1. The van der Waals surface area contributed by atoms with Gasteiger partial charge in [0.05, 0.1) is 18.4 Å². The van der Waals surface area contributed by atoms with E-state index in [4.69, 9.17) is 4.74 Å². The van der Waals surface area contributed by atoms with Gasteiger partial charge in [0.1, 0.15) is 0 Å². The number of carbonyl (C=O) groups excluding carboxylic acids is 2. The van der Waals surface area contributed by atoms with E-state index in [0.717, 1.165) is 4.47 Å². The van der Waals surface area contributed by atoms with Crippen LogP contribution in [0.4, 0.5) is 5.69 Å². The number of benzene rings is 2. The molecule has 0 spiro atoms. The molecule has 0 aromatic heterocycles. The van der Waals surface area contributed by atoms with Crippen LogP contribution in [0.5, 0.6) is 0 Å². The van der Waals surface area contributed by atoms with Crippen LogP contribution >= 0.6 is 15.9 Å². The van der Waals surface area contributed by atoms with Crippen LogP contribution in [-0.4, -0.2) is 25.1 Å². The van der Waals surface area contributed by atoms with Crippen LogP contribution in [0.15, 0.2) is 58.0 Å². The number of methoxy groups -OCH3 is 1. The topological polar surface area (TPSA) is 55.7 Å². The van der Waals surface area contributed by atoms with Crippen molar-refractivity contribution in [1.29, 1.82) is 0 Å². The van der Waals surface area contributed by atoms with Gasteiger partial charge < -0.3 is 4.74 Å². The Labute approximate surface area is 137 Å². The highest BCUT2D eigenvalue weighted by Gasteiger charge is 2.10. The number of para-hydroxylation sites is 1. The Morgan fingerprint density at radius 2 is 1.82 bits per heavy atom. The lowest BCUT2D eigenvalue weighted by Crippen LogP contribution is -2.02. The third kappa shape index (κ3) is 4.11. The van der Waals surface area contributed by atoms with E-state index >= 15 is 0 Å². The van der Waals surface area contributed by atoms with Gasteiger partial charge >= 0.3 is 5.97 Å². The highest BCUT2D eigenvalue weighted by molar-refractivity contribution is 9.10. The molecule has 2 aromatic rings. The fraction of sp³-hybridized carbons (Fsp3) is 0.118. The van der Waals surface area contributed by atoms with Crippen LogP contribution in [0.3, 0.4) is 0 Å². The first-order chi connectivity index (χ1) is 10.6. The van der Waals surface area contributed by atoms with E-state index in [2.05, 4.69) is 20.9 Å². The molecule has 0 saturated heterocycles. The van der Waals surface area contributed by atoms with Gasteiger partial charge in [-0.25, -0.2) is 4.79 Å². The molecular weight excluding hydrogens is 346 g/mol. The van der Waals surface area contributed by atoms with E-state index < -0.39 is 5.97 Å². The quantitative estimate of drug-likeness (QED) is 0.456. The molecule has 0 radical (unpaired) electrons. The first-order valence-corrected chi connectivity index (χ1v) is 7.39. The minimum absolute atomic E-state index is 0.0354. The van der Waals surface area contributed by atoms with Gasteiger partial charge in [0, 0.05) is 22.7 Å². The van der Waals surface area contributed by atoms with Crippen molar-refractivity contribution >= 4 is 39.6 Å². The van der Waals surface area contributed by atoms with Gasteiger partial charge in [-0.15, -0.1) is 0 Å². The number of hydrogen-bond acceptors (Lipinski definition) is 4. The third-order valence-electron chi connectivity index (χ3n) is 2.98. The van der Waals surface area contributed by atoms with Gasteiger partial charge in [0.15, 0.2) is 5.78 Å². The van der Waals surface area contributed by atoms with E-state index in [1.165, 1.54) is 13.3 Å². The summed E-state index contributed by atoms with van der Waals surface area (Å²) in [7, 11) is 1.32. The molecule has 0 N–H and O–H groups in total. The largest absolute Gasteiger partial charge is 0.465 e. The highest BCUT2D eigenvalue weighted by Crippen LogP contribution is 2.19. The number of Topliss-reactive ketones (excluding diaryl/α,β-unsaturated/α-hetero) is 1. The average Bonchev–Trinajstić information content (AvgIpc) is 2.55. The summed E-state index contributed by atoms with van der Waals surface area (Å²) in [6.07, 6.45) is 1.67. The van der Waals surface area contributed by atoms with Crippen molar-refractivity contribution in [3.05, 3.63) is 64.1 Å². The van der Waals surface area contributed by atoms with Gasteiger partial charge in [-0.3, -0.25) is 9.79 Å². The highest BCUT2D eigenvalue weighted by atomic mass is 79.9. The van der Waals surface area contributed by atoms with Crippen LogP contribution in [-0.2, 0) is 4.74 Å². The SMILES string of the molecule is COC(=O)c1ccccc1N=CCC(=O)c1ccc(Br)cc1. The lowest BCUT2D eigenvalue weighted by molar-refractivity contribution is 0.0601. The number of hydrogen-bond donors (Lipinski definition) is 0. The zero-order valence-electron chi connectivity index (χ0n) is 12.0. The van der Waals surface area contributed by atoms with Gasteiger partial charge in [-0.2, -0.15) is 0 Å². The minimum atomic E-state index is -0.452. The number of nitrogens with zero attached hydrogens (tertiary/aromatic N) is 1. The molecule has 0 saturated carbocycles. The summed E-state index contributed by atoms with van der Waals surface area (Å²) in [5.41, 5.74) is 1.48. The van der Waals surface area contributed by atoms with Crippen molar-refractivity contribution in [3.8, 4) is 0 Å². The molecule has 0 amide bonds. The second-order valence-corrected chi connectivity index (χ2v) is 5.37. The third-order valence-corrected chi connectivity index (χ3v) is 3.51. The molecule has 5 heteroatoms. The van der Waals surface area contributed by atoms with Gasteiger partial charge in [-0.1, -0.05) is 40.2 Å². The molecule has 0 aliphatic rings. The minimum Gasteiger partial charge on any atom is -0.465 e. The number of ether oxygens (including phenoxy) is 1. The van der Waals surface area contributed by atoms with Gasteiger partial charge in [0.2, 0.25) is 0 Å². The van der Waals surface area contributed by atoms with E-state index in [9.17, 15) is 9.59 Å². The van der Waals surface area contributed by atoms with E-state index in [1.54, 1.807) is 36.4 Å². The Hall–Kier alpha value is -2.27.